The van der Waals surface area contributed by atoms with Gasteiger partial charge >= 0.3 is 6.18 Å². The number of nitrogens with zero attached hydrogens (tertiary/aromatic N) is 3. The fraction of sp³-hybridized carbons (Fsp3) is 0.286. The minimum absolute atomic E-state index is 0.107. The van der Waals surface area contributed by atoms with Gasteiger partial charge in [0.05, 0.1) is 29.9 Å². The third-order valence-corrected chi connectivity index (χ3v) is 6.55. The number of nitriles is 1. The topological polar surface area (TPSA) is 56.6 Å². The number of hydrogen-bond acceptors (Lipinski definition) is 4. The molecule has 0 spiro atoms. The van der Waals surface area contributed by atoms with Crippen LogP contribution in [0.5, 0.6) is 0 Å². The van der Waals surface area contributed by atoms with Gasteiger partial charge in [-0.2, -0.15) is 18.4 Å². The summed E-state index contributed by atoms with van der Waals surface area (Å²) in [6, 6.07) is 21.0. The summed E-state index contributed by atoms with van der Waals surface area (Å²) in [4.78, 5) is 16.9. The number of hydrogen-bond donors (Lipinski definition) is 0. The Morgan fingerprint density at radius 1 is 1.00 bits per heavy atom. The lowest BCUT2D eigenvalue weighted by molar-refractivity contribution is -0.137. The lowest BCUT2D eigenvalue weighted by Crippen LogP contribution is -2.49. The second-order valence-corrected chi connectivity index (χ2v) is 9.27. The number of benzene rings is 3. The number of amides is 1. The van der Waals surface area contributed by atoms with Crippen molar-refractivity contribution < 1.29 is 22.7 Å². The molecular formula is C28H25ClF3N3O2. The molecule has 3 aromatic carbocycles. The number of carbonyl (C=O) groups excluding carboxylic acids is 1. The SMILES string of the molecule is N#Cc1cccc(C(=O)N2CCN(C[C@@H](OCc3ccc(C(F)(F)F)cc3)c3ccc(Cl)cc3)CC2)c1. The first kappa shape index (κ1) is 26.7. The van der Waals surface area contributed by atoms with Crippen LogP contribution in [0.2, 0.25) is 5.02 Å². The van der Waals surface area contributed by atoms with Gasteiger partial charge in [0, 0.05) is 43.3 Å². The molecule has 0 saturated carbocycles. The van der Waals surface area contributed by atoms with Crippen molar-refractivity contribution in [3.63, 3.8) is 0 Å². The van der Waals surface area contributed by atoms with E-state index in [0.717, 1.165) is 17.7 Å². The molecule has 1 fully saturated rings. The molecule has 37 heavy (non-hydrogen) atoms. The summed E-state index contributed by atoms with van der Waals surface area (Å²) in [7, 11) is 0. The summed E-state index contributed by atoms with van der Waals surface area (Å²) in [5.41, 5.74) is 1.79. The van der Waals surface area contributed by atoms with Crippen LogP contribution in [0.1, 0.15) is 38.7 Å². The van der Waals surface area contributed by atoms with Crippen LogP contribution in [0.3, 0.4) is 0 Å². The molecule has 1 heterocycles. The molecule has 1 amide bonds. The zero-order valence-electron chi connectivity index (χ0n) is 19.9. The summed E-state index contributed by atoms with van der Waals surface area (Å²) >= 11 is 6.05. The highest BCUT2D eigenvalue weighted by atomic mass is 35.5. The Kier molecular flexibility index (Phi) is 8.49. The van der Waals surface area contributed by atoms with E-state index in [0.29, 0.717) is 54.4 Å². The van der Waals surface area contributed by atoms with Crippen molar-refractivity contribution in [2.45, 2.75) is 18.9 Å². The number of rotatable bonds is 7. The Bertz CT molecular complexity index is 1250. The van der Waals surface area contributed by atoms with E-state index in [-0.39, 0.29) is 18.6 Å². The molecule has 192 valence electrons. The Hall–Kier alpha value is -3.38. The van der Waals surface area contributed by atoms with Crippen molar-refractivity contribution >= 4 is 17.5 Å². The van der Waals surface area contributed by atoms with Crippen LogP contribution in [0.25, 0.3) is 0 Å². The first-order chi connectivity index (χ1) is 17.7. The Morgan fingerprint density at radius 3 is 2.30 bits per heavy atom. The van der Waals surface area contributed by atoms with E-state index < -0.39 is 11.7 Å². The number of piperazine rings is 1. The van der Waals surface area contributed by atoms with Crippen LogP contribution in [-0.4, -0.2) is 48.4 Å². The first-order valence-electron chi connectivity index (χ1n) is 11.8. The van der Waals surface area contributed by atoms with E-state index in [1.54, 1.807) is 41.3 Å². The quantitative estimate of drug-likeness (QED) is 0.381. The van der Waals surface area contributed by atoms with Crippen molar-refractivity contribution in [3.8, 4) is 6.07 Å². The maximum Gasteiger partial charge on any atom is 0.416 e. The number of ether oxygens (including phenoxy) is 1. The molecule has 9 heteroatoms. The molecule has 3 aromatic rings. The summed E-state index contributed by atoms with van der Waals surface area (Å²) < 4.78 is 44.8. The van der Waals surface area contributed by atoms with Gasteiger partial charge in [-0.1, -0.05) is 41.9 Å². The molecule has 4 rings (SSSR count). The fourth-order valence-electron chi connectivity index (χ4n) is 4.19. The van der Waals surface area contributed by atoms with Gasteiger partial charge in [-0.25, -0.2) is 0 Å². The van der Waals surface area contributed by atoms with Gasteiger partial charge in [0.15, 0.2) is 0 Å². The van der Waals surface area contributed by atoms with Crippen LogP contribution in [0.15, 0.2) is 72.8 Å². The van der Waals surface area contributed by atoms with Gasteiger partial charge in [-0.05, 0) is 53.6 Å². The normalized spacial score (nSPS) is 15.3. The maximum atomic E-state index is 12.9. The molecule has 1 aliphatic heterocycles. The third kappa shape index (κ3) is 7.10. The molecular weight excluding hydrogens is 503 g/mol. The lowest BCUT2D eigenvalue weighted by atomic mass is 10.1. The highest BCUT2D eigenvalue weighted by Gasteiger charge is 2.30. The summed E-state index contributed by atoms with van der Waals surface area (Å²) in [6.07, 6.45) is -4.72. The number of halogens is 4. The Morgan fingerprint density at radius 2 is 1.68 bits per heavy atom. The van der Waals surface area contributed by atoms with Crippen molar-refractivity contribution in [2.75, 3.05) is 32.7 Å². The predicted octanol–water partition coefficient (Wildman–Crippen LogP) is 5.95. The summed E-state index contributed by atoms with van der Waals surface area (Å²) in [5.74, 6) is -0.107. The Labute approximate surface area is 218 Å². The van der Waals surface area contributed by atoms with Crippen LogP contribution >= 0.6 is 11.6 Å². The first-order valence-corrected chi connectivity index (χ1v) is 12.2. The highest BCUT2D eigenvalue weighted by Crippen LogP contribution is 2.30. The molecule has 0 aliphatic carbocycles. The van der Waals surface area contributed by atoms with Crippen LogP contribution in [-0.2, 0) is 17.5 Å². The average molecular weight is 528 g/mol. The smallest absolute Gasteiger partial charge is 0.368 e. The van der Waals surface area contributed by atoms with Crippen molar-refractivity contribution in [1.29, 1.82) is 5.26 Å². The zero-order chi connectivity index (χ0) is 26.4. The van der Waals surface area contributed by atoms with Crippen molar-refractivity contribution in [1.82, 2.24) is 9.80 Å². The molecule has 5 nitrogen and oxygen atoms in total. The van der Waals surface area contributed by atoms with E-state index in [9.17, 15) is 18.0 Å². The van der Waals surface area contributed by atoms with Crippen LogP contribution in [0, 0.1) is 11.3 Å². The number of carbonyl (C=O) groups is 1. The van der Waals surface area contributed by atoms with Gasteiger partial charge in [-0.3, -0.25) is 9.69 Å². The van der Waals surface area contributed by atoms with E-state index in [4.69, 9.17) is 21.6 Å². The van der Waals surface area contributed by atoms with Crippen LogP contribution < -0.4 is 0 Å². The second kappa shape index (κ2) is 11.8. The van der Waals surface area contributed by atoms with Gasteiger partial charge in [0.25, 0.3) is 5.91 Å². The maximum absolute atomic E-state index is 12.9. The van der Waals surface area contributed by atoms with Gasteiger partial charge < -0.3 is 9.64 Å². The largest absolute Gasteiger partial charge is 0.416 e. The highest BCUT2D eigenvalue weighted by molar-refractivity contribution is 6.30. The minimum Gasteiger partial charge on any atom is -0.368 e. The van der Waals surface area contributed by atoms with Gasteiger partial charge in [0.1, 0.15) is 0 Å². The monoisotopic (exact) mass is 527 g/mol. The molecule has 0 bridgehead atoms. The van der Waals surface area contributed by atoms with E-state index in [1.807, 2.05) is 12.1 Å². The number of alkyl halides is 3. The zero-order valence-corrected chi connectivity index (χ0v) is 20.7. The molecule has 1 saturated heterocycles. The van der Waals surface area contributed by atoms with Crippen LogP contribution in [0.4, 0.5) is 13.2 Å². The van der Waals surface area contributed by atoms with Gasteiger partial charge in [-0.15, -0.1) is 0 Å². The predicted molar refractivity (Wildman–Crippen MR) is 134 cm³/mol. The minimum atomic E-state index is -4.38. The fourth-order valence-corrected chi connectivity index (χ4v) is 4.32. The Balaban J connectivity index is 1.39. The second-order valence-electron chi connectivity index (χ2n) is 8.83. The molecule has 1 atom stereocenters. The van der Waals surface area contributed by atoms with E-state index >= 15 is 0 Å². The third-order valence-electron chi connectivity index (χ3n) is 6.30. The van der Waals surface area contributed by atoms with Gasteiger partial charge in [0.2, 0.25) is 0 Å². The molecule has 0 aromatic heterocycles. The average Bonchev–Trinajstić information content (AvgIpc) is 2.91. The molecule has 0 radical (unpaired) electrons. The van der Waals surface area contributed by atoms with E-state index in [2.05, 4.69) is 11.0 Å². The molecule has 0 N–H and O–H groups in total. The molecule has 0 unspecified atom stereocenters. The standard InChI is InChI=1S/C28H25ClF3N3O2/c29-25-10-6-22(7-11-25)26(37-19-20-4-8-24(9-5-20)28(30,31)32)18-34-12-14-35(15-13-34)27(36)23-3-1-2-21(16-23)17-33/h1-11,16,26H,12-15,18-19H2/t26-/m1/s1. The summed E-state index contributed by atoms with van der Waals surface area (Å²) in [6.45, 7) is 3.03. The van der Waals surface area contributed by atoms with Crippen molar-refractivity contribution in [2.24, 2.45) is 0 Å². The van der Waals surface area contributed by atoms with E-state index in [1.165, 1.54) is 12.1 Å². The van der Waals surface area contributed by atoms with Crippen molar-refractivity contribution in [3.05, 3.63) is 106 Å². The summed E-state index contributed by atoms with van der Waals surface area (Å²) in [5, 5.41) is 9.69. The lowest BCUT2D eigenvalue weighted by Gasteiger charge is -2.36. The molecule has 1 aliphatic rings.